The van der Waals surface area contributed by atoms with Gasteiger partial charge in [-0.25, -0.2) is 0 Å². The fourth-order valence-corrected chi connectivity index (χ4v) is 2.02. The first-order valence-electron chi connectivity index (χ1n) is 6.62. The lowest BCUT2D eigenvalue weighted by Gasteiger charge is -2.18. The van der Waals surface area contributed by atoms with Gasteiger partial charge in [0.2, 0.25) is 0 Å². The number of benzene rings is 1. The maximum atomic E-state index is 11.2. The van der Waals surface area contributed by atoms with E-state index in [9.17, 15) is 9.90 Å². The quantitative estimate of drug-likeness (QED) is 0.634. The number of hydrogen-bond donors (Lipinski definition) is 3. The Hall–Kier alpha value is -1.63. The molecule has 0 radical (unpaired) electrons. The molecule has 2 rings (SSSR count). The fourth-order valence-electron chi connectivity index (χ4n) is 2.02. The molecule has 20 heavy (non-hydrogen) atoms. The number of ether oxygens (including phenoxy) is 2. The molecular formula is C14H20N2O4. The number of aliphatic hydroxyl groups excluding tert-OH is 1. The summed E-state index contributed by atoms with van der Waals surface area (Å²) in [5.41, 5.74) is 1.76. The van der Waals surface area contributed by atoms with Crippen molar-refractivity contribution in [2.45, 2.75) is 19.1 Å². The van der Waals surface area contributed by atoms with Crippen molar-refractivity contribution in [2.75, 3.05) is 32.2 Å². The van der Waals surface area contributed by atoms with Crippen LogP contribution in [0.5, 0.6) is 5.75 Å². The van der Waals surface area contributed by atoms with Gasteiger partial charge in [0.25, 0.3) is 5.91 Å². The molecule has 1 aromatic carbocycles. The molecule has 0 bridgehead atoms. The number of fused-ring (bicyclic) bond motifs is 1. The number of carbonyl (C=O) groups excluding carboxylic acids is 1. The second-order valence-corrected chi connectivity index (χ2v) is 4.74. The van der Waals surface area contributed by atoms with Gasteiger partial charge in [0, 0.05) is 13.7 Å². The maximum absolute atomic E-state index is 11.2. The number of anilines is 1. The van der Waals surface area contributed by atoms with E-state index in [1.807, 2.05) is 18.2 Å². The predicted molar refractivity (Wildman–Crippen MR) is 74.8 cm³/mol. The van der Waals surface area contributed by atoms with Gasteiger partial charge < -0.3 is 25.2 Å². The third-order valence-corrected chi connectivity index (χ3v) is 3.02. The molecular weight excluding hydrogens is 260 g/mol. The highest BCUT2D eigenvalue weighted by Crippen LogP contribution is 2.28. The molecule has 1 aliphatic heterocycles. The first-order valence-corrected chi connectivity index (χ1v) is 6.62. The second kappa shape index (κ2) is 7.23. The van der Waals surface area contributed by atoms with Crippen molar-refractivity contribution in [3.63, 3.8) is 0 Å². The van der Waals surface area contributed by atoms with E-state index in [1.54, 1.807) is 7.11 Å². The normalized spacial score (nSPS) is 15.2. The SMILES string of the molecule is COCC(O)CCNCc1ccc2c(c1)NC(=O)CO2. The standard InChI is InChI=1S/C14H20N2O4/c1-19-8-11(17)4-5-15-7-10-2-3-13-12(6-10)16-14(18)9-20-13/h2-3,6,11,15,17H,4-5,7-9H2,1H3,(H,16,18). The number of nitrogens with one attached hydrogen (secondary N) is 2. The minimum absolute atomic E-state index is 0.0714. The van der Waals surface area contributed by atoms with Crippen molar-refractivity contribution >= 4 is 11.6 Å². The summed E-state index contributed by atoms with van der Waals surface area (Å²) in [6.07, 6.45) is 0.197. The van der Waals surface area contributed by atoms with E-state index in [-0.39, 0.29) is 12.5 Å². The highest BCUT2D eigenvalue weighted by Gasteiger charge is 2.15. The van der Waals surface area contributed by atoms with E-state index >= 15 is 0 Å². The van der Waals surface area contributed by atoms with Gasteiger partial charge in [-0.05, 0) is 30.7 Å². The van der Waals surface area contributed by atoms with E-state index in [0.29, 0.717) is 37.6 Å². The Labute approximate surface area is 118 Å². The summed E-state index contributed by atoms with van der Waals surface area (Å²) in [6.45, 7) is 1.79. The molecule has 1 aromatic rings. The first-order chi connectivity index (χ1) is 9.69. The molecule has 6 heteroatoms. The van der Waals surface area contributed by atoms with Gasteiger partial charge >= 0.3 is 0 Å². The van der Waals surface area contributed by atoms with E-state index in [0.717, 1.165) is 5.56 Å². The van der Waals surface area contributed by atoms with Crippen LogP contribution >= 0.6 is 0 Å². The zero-order valence-corrected chi connectivity index (χ0v) is 11.5. The van der Waals surface area contributed by atoms with Crippen LogP contribution in [-0.4, -0.2) is 44.0 Å². The van der Waals surface area contributed by atoms with Gasteiger partial charge in [-0.3, -0.25) is 4.79 Å². The first kappa shape index (κ1) is 14.8. The van der Waals surface area contributed by atoms with Crippen molar-refractivity contribution in [3.05, 3.63) is 23.8 Å². The average Bonchev–Trinajstić information content (AvgIpc) is 2.43. The van der Waals surface area contributed by atoms with E-state index < -0.39 is 6.10 Å². The van der Waals surface area contributed by atoms with Crippen LogP contribution in [0.3, 0.4) is 0 Å². The maximum Gasteiger partial charge on any atom is 0.262 e. The summed E-state index contributed by atoms with van der Waals surface area (Å²) >= 11 is 0. The van der Waals surface area contributed by atoms with Gasteiger partial charge in [0.15, 0.2) is 6.61 Å². The van der Waals surface area contributed by atoms with Crippen LogP contribution in [0.1, 0.15) is 12.0 Å². The molecule has 1 unspecified atom stereocenters. The molecule has 0 aromatic heterocycles. The minimum atomic E-state index is -0.441. The van der Waals surface area contributed by atoms with E-state index in [1.165, 1.54) is 0 Å². The third-order valence-electron chi connectivity index (χ3n) is 3.02. The van der Waals surface area contributed by atoms with Crippen molar-refractivity contribution in [1.82, 2.24) is 5.32 Å². The zero-order chi connectivity index (χ0) is 14.4. The van der Waals surface area contributed by atoms with Crippen LogP contribution in [0.25, 0.3) is 0 Å². The van der Waals surface area contributed by atoms with Gasteiger partial charge in [0.05, 0.1) is 18.4 Å². The number of aliphatic hydroxyl groups is 1. The number of carbonyl (C=O) groups is 1. The summed E-state index contributed by atoms with van der Waals surface area (Å²) in [5, 5.41) is 15.5. The summed E-state index contributed by atoms with van der Waals surface area (Å²) in [7, 11) is 1.57. The summed E-state index contributed by atoms with van der Waals surface area (Å²) < 4.78 is 10.2. The Morgan fingerprint density at radius 3 is 3.20 bits per heavy atom. The number of amides is 1. The van der Waals surface area contributed by atoms with Crippen molar-refractivity contribution < 1.29 is 19.4 Å². The zero-order valence-electron chi connectivity index (χ0n) is 11.5. The topological polar surface area (TPSA) is 79.8 Å². The Bertz CT molecular complexity index is 464. The van der Waals surface area contributed by atoms with Crippen LogP contribution in [-0.2, 0) is 16.1 Å². The molecule has 0 aliphatic carbocycles. The molecule has 1 atom stereocenters. The molecule has 0 saturated carbocycles. The highest BCUT2D eigenvalue weighted by molar-refractivity contribution is 5.95. The predicted octanol–water partition coefficient (Wildman–Crippen LogP) is 0.504. The van der Waals surface area contributed by atoms with Crippen LogP contribution in [0.15, 0.2) is 18.2 Å². The Morgan fingerprint density at radius 1 is 1.55 bits per heavy atom. The number of rotatable bonds is 7. The van der Waals surface area contributed by atoms with E-state index in [2.05, 4.69) is 10.6 Å². The second-order valence-electron chi connectivity index (χ2n) is 4.74. The molecule has 110 valence electrons. The lowest BCUT2D eigenvalue weighted by Crippen LogP contribution is -2.26. The molecule has 3 N–H and O–H groups in total. The Morgan fingerprint density at radius 2 is 2.40 bits per heavy atom. The molecule has 0 spiro atoms. The van der Waals surface area contributed by atoms with Crippen molar-refractivity contribution in [3.8, 4) is 5.75 Å². The van der Waals surface area contributed by atoms with Crippen LogP contribution < -0.4 is 15.4 Å². The summed E-state index contributed by atoms with van der Waals surface area (Å²) in [5.74, 6) is 0.564. The number of methoxy groups -OCH3 is 1. The smallest absolute Gasteiger partial charge is 0.262 e. The molecule has 6 nitrogen and oxygen atoms in total. The number of hydrogen-bond acceptors (Lipinski definition) is 5. The van der Waals surface area contributed by atoms with Gasteiger partial charge in [-0.2, -0.15) is 0 Å². The van der Waals surface area contributed by atoms with Crippen LogP contribution in [0, 0.1) is 0 Å². The van der Waals surface area contributed by atoms with E-state index in [4.69, 9.17) is 9.47 Å². The third kappa shape index (κ3) is 4.19. The molecule has 0 fully saturated rings. The van der Waals surface area contributed by atoms with Crippen LogP contribution in [0.4, 0.5) is 5.69 Å². The summed E-state index contributed by atoms with van der Waals surface area (Å²) in [4.78, 5) is 11.2. The monoisotopic (exact) mass is 280 g/mol. The van der Waals surface area contributed by atoms with Crippen molar-refractivity contribution in [2.24, 2.45) is 0 Å². The minimum Gasteiger partial charge on any atom is -0.482 e. The fraction of sp³-hybridized carbons (Fsp3) is 0.500. The lowest BCUT2D eigenvalue weighted by molar-refractivity contribution is -0.118. The van der Waals surface area contributed by atoms with Gasteiger partial charge in [-0.15, -0.1) is 0 Å². The Kier molecular flexibility index (Phi) is 5.34. The van der Waals surface area contributed by atoms with Crippen molar-refractivity contribution in [1.29, 1.82) is 0 Å². The average molecular weight is 280 g/mol. The van der Waals surface area contributed by atoms with Gasteiger partial charge in [0.1, 0.15) is 5.75 Å². The van der Waals surface area contributed by atoms with Crippen LogP contribution in [0.2, 0.25) is 0 Å². The Balaban J connectivity index is 1.79. The highest BCUT2D eigenvalue weighted by atomic mass is 16.5. The molecule has 1 heterocycles. The molecule has 1 aliphatic rings. The molecule has 0 saturated heterocycles. The largest absolute Gasteiger partial charge is 0.482 e. The van der Waals surface area contributed by atoms with Gasteiger partial charge in [-0.1, -0.05) is 6.07 Å². The summed E-state index contributed by atoms with van der Waals surface area (Å²) in [6, 6.07) is 5.70. The molecule has 1 amide bonds. The lowest BCUT2D eigenvalue weighted by atomic mass is 10.1.